The van der Waals surface area contributed by atoms with Gasteiger partial charge in [-0.3, -0.25) is 9.89 Å². The molecule has 15 heavy (non-hydrogen) atoms. The summed E-state index contributed by atoms with van der Waals surface area (Å²) < 4.78 is 0. The fourth-order valence-corrected chi connectivity index (χ4v) is 1.68. The normalized spacial score (nSPS) is 21.1. The molecule has 1 aromatic rings. The summed E-state index contributed by atoms with van der Waals surface area (Å²) >= 11 is 4.22. The number of carbonyl (C=O) groups is 1. The van der Waals surface area contributed by atoms with Crippen LogP contribution in [0.15, 0.2) is 24.2 Å². The molecule has 1 atom stereocenters. The van der Waals surface area contributed by atoms with Crippen molar-refractivity contribution in [2.45, 2.75) is 12.0 Å². The van der Waals surface area contributed by atoms with Gasteiger partial charge in [-0.1, -0.05) is 0 Å². The van der Waals surface area contributed by atoms with Crippen LogP contribution in [0.4, 0.5) is 0 Å². The smallest absolute Gasteiger partial charge is 0.249 e. The number of carbonyl (C=O) groups excluding carboxylic acids is 1. The first kappa shape index (κ1) is 9.91. The topological polar surface area (TPSA) is 87.0 Å². The molecule has 0 aliphatic carbocycles. The van der Waals surface area contributed by atoms with E-state index in [9.17, 15) is 4.79 Å². The molecule has 6 nitrogen and oxygen atoms in total. The molecule has 4 N–H and O–H groups in total. The van der Waals surface area contributed by atoms with Gasteiger partial charge in [-0.2, -0.15) is 5.10 Å². The van der Waals surface area contributed by atoms with Gasteiger partial charge in [0, 0.05) is 12.3 Å². The van der Waals surface area contributed by atoms with Crippen molar-refractivity contribution in [2.75, 3.05) is 0 Å². The number of nitrogens with two attached hydrogens (primary N) is 1. The van der Waals surface area contributed by atoms with E-state index in [1.807, 2.05) is 6.07 Å². The fourth-order valence-electron chi connectivity index (χ4n) is 1.34. The predicted molar refractivity (Wildman–Crippen MR) is 57.3 cm³/mol. The lowest BCUT2D eigenvalue weighted by Crippen LogP contribution is -2.49. The summed E-state index contributed by atoms with van der Waals surface area (Å²) in [7, 11) is 0. The van der Waals surface area contributed by atoms with Crippen LogP contribution in [0.25, 0.3) is 0 Å². The lowest BCUT2D eigenvalue weighted by atomic mass is 10.3. The van der Waals surface area contributed by atoms with E-state index in [1.165, 1.54) is 6.08 Å². The van der Waals surface area contributed by atoms with Crippen LogP contribution in [-0.2, 0) is 11.3 Å². The number of thiol groups is 1. The zero-order chi connectivity index (χ0) is 10.8. The van der Waals surface area contributed by atoms with E-state index in [1.54, 1.807) is 11.1 Å². The number of nitrogens with one attached hydrogen (secondary N) is 2. The van der Waals surface area contributed by atoms with Crippen LogP contribution in [0.5, 0.6) is 0 Å². The molecule has 2 heterocycles. The van der Waals surface area contributed by atoms with E-state index in [-0.39, 0.29) is 5.91 Å². The highest BCUT2D eigenvalue weighted by molar-refractivity contribution is 7.80. The number of hydrogen-bond donors (Lipinski definition) is 4. The van der Waals surface area contributed by atoms with Crippen molar-refractivity contribution in [3.05, 3.63) is 29.9 Å². The first-order valence-corrected chi connectivity index (χ1v) is 4.89. The molecular weight excluding hydrogens is 214 g/mol. The van der Waals surface area contributed by atoms with Crippen molar-refractivity contribution >= 4 is 18.5 Å². The first-order chi connectivity index (χ1) is 7.16. The van der Waals surface area contributed by atoms with Gasteiger partial charge >= 0.3 is 0 Å². The highest BCUT2D eigenvalue weighted by atomic mass is 32.1. The summed E-state index contributed by atoms with van der Waals surface area (Å²) in [5.41, 5.74) is 6.21. The molecule has 0 aromatic carbocycles. The minimum absolute atomic E-state index is 0.228. The van der Waals surface area contributed by atoms with Crippen molar-refractivity contribution in [1.29, 1.82) is 0 Å². The number of hydrogen-bond acceptors (Lipinski definition) is 5. The summed E-state index contributed by atoms with van der Waals surface area (Å²) in [6.45, 7) is 0.525. The minimum atomic E-state index is -0.411. The van der Waals surface area contributed by atoms with E-state index >= 15 is 0 Å². The Kier molecular flexibility index (Phi) is 2.55. The van der Waals surface area contributed by atoms with E-state index < -0.39 is 5.50 Å². The number of aromatic amines is 1. The van der Waals surface area contributed by atoms with Gasteiger partial charge in [0.1, 0.15) is 11.3 Å². The third-order valence-electron chi connectivity index (χ3n) is 2.08. The summed E-state index contributed by atoms with van der Waals surface area (Å²) in [6, 6.07) is 1.84. The Balaban J connectivity index is 2.14. The molecule has 2 rings (SSSR count). The highest BCUT2D eigenvalue weighted by Crippen LogP contribution is 2.14. The van der Waals surface area contributed by atoms with Crippen LogP contribution in [-0.4, -0.2) is 26.5 Å². The van der Waals surface area contributed by atoms with Crippen molar-refractivity contribution in [3.63, 3.8) is 0 Å². The van der Waals surface area contributed by atoms with Gasteiger partial charge in [0.2, 0.25) is 5.91 Å². The second-order valence-electron chi connectivity index (χ2n) is 3.16. The SMILES string of the molecule is NC1=CC(=O)NC(S)N1Cc1ccn[nH]1. The van der Waals surface area contributed by atoms with Crippen LogP contribution in [0.2, 0.25) is 0 Å². The molecular formula is C8H11N5OS. The molecule has 1 amide bonds. The minimum Gasteiger partial charge on any atom is -0.385 e. The van der Waals surface area contributed by atoms with Crippen LogP contribution in [0.3, 0.4) is 0 Å². The standard InChI is InChI=1S/C8H11N5OS/c9-6-3-7(14)11-8(15)13(6)4-5-1-2-10-12-5/h1-3,8,15H,4,9H2,(H,10,12)(H,11,14). The summed E-state index contributed by atoms with van der Waals surface area (Å²) in [5, 5.41) is 9.28. The second-order valence-corrected chi connectivity index (χ2v) is 3.65. The van der Waals surface area contributed by atoms with E-state index in [2.05, 4.69) is 28.1 Å². The Morgan fingerprint density at radius 1 is 1.67 bits per heavy atom. The summed E-state index contributed by atoms with van der Waals surface area (Å²) in [4.78, 5) is 12.8. The Hall–Kier alpha value is -1.63. The Morgan fingerprint density at radius 2 is 2.47 bits per heavy atom. The van der Waals surface area contributed by atoms with E-state index in [4.69, 9.17) is 5.73 Å². The lowest BCUT2D eigenvalue weighted by molar-refractivity contribution is -0.118. The van der Waals surface area contributed by atoms with Crippen molar-refractivity contribution < 1.29 is 4.79 Å². The van der Waals surface area contributed by atoms with Crippen LogP contribution < -0.4 is 11.1 Å². The Labute approximate surface area is 91.9 Å². The van der Waals surface area contributed by atoms with Gasteiger partial charge in [0.25, 0.3) is 0 Å². The molecule has 1 aliphatic rings. The molecule has 1 unspecified atom stereocenters. The fraction of sp³-hybridized carbons (Fsp3) is 0.250. The third kappa shape index (κ3) is 2.07. The molecule has 7 heteroatoms. The van der Waals surface area contributed by atoms with Crippen LogP contribution in [0, 0.1) is 0 Å². The molecule has 1 aromatic heterocycles. The highest BCUT2D eigenvalue weighted by Gasteiger charge is 2.23. The summed E-state index contributed by atoms with van der Waals surface area (Å²) in [5.74, 6) is 0.168. The number of rotatable bonds is 2. The van der Waals surface area contributed by atoms with Gasteiger partial charge in [-0.25, -0.2) is 0 Å². The molecule has 0 fully saturated rings. The zero-order valence-corrected chi connectivity index (χ0v) is 8.74. The van der Waals surface area contributed by atoms with Gasteiger partial charge in [0.05, 0.1) is 12.2 Å². The molecule has 80 valence electrons. The monoisotopic (exact) mass is 225 g/mol. The van der Waals surface area contributed by atoms with Gasteiger partial charge in [-0.15, -0.1) is 12.6 Å². The van der Waals surface area contributed by atoms with Crippen LogP contribution in [0.1, 0.15) is 5.69 Å². The van der Waals surface area contributed by atoms with Gasteiger partial charge < -0.3 is 16.0 Å². The largest absolute Gasteiger partial charge is 0.385 e. The van der Waals surface area contributed by atoms with Crippen molar-refractivity contribution in [2.24, 2.45) is 5.73 Å². The average Bonchev–Trinajstić information content (AvgIpc) is 2.63. The second kappa shape index (κ2) is 3.85. The molecule has 0 saturated heterocycles. The van der Waals surface area contributed by atoms with Gasteiger partial charge in [0.15, 0.2) is 0 Å². The molecule has 0 bridgehead atoms. The molecule has 0 radical (unpaired) electrons. The Bertz CT molecular complexity index is 388. The maximum absolute atomic E-state index is 11.1. The van der Waals surface area contributed by atoms with E-state index in [0.29, 0.717) is 12.4 Å². The molecule has 1 aliphatic heterocycles. The van der Waals surface area contributed by atoms with Crippen molar-refractivity contribution in [1.82, 2.24) is 20.4 Å². The van der Waals surface area contributed by atoms with Gasteiger partial charge in [-0.05, 0) is 6.07 Å². The third-order valence-corrected chi connectivity index (χ3v) is 2.48. The van der Waals surface area contributed by atoms with E-state index in [0.717, 1.165) is 5.69 Å². The van der Waals surface area contributed by atoms with Crippen molar-refractivity contribution in [3.8, 4) is 0 Å². The molecule has 0 saturated carbocycles. The number of H-pyrrole nitrogens is 1. The lowest BCUT2D eigenvalue weighted by Gasteiger charge is -2.33. The number of nitrogens with zero attached hydrogens (tertiary/aromatic N) is 2. The first-order valence-electron chi connectivity index (χ1n) is 4.37. The summed E-state index contributed by atoms with van der Waals surface area (Å²) in [6.07, 6.45) is 2.99. The van der Waals surface area contributed by atoms with Crippen LogP contribution >= 0.6 is 12.6 Å². The Morgan fingerprint density at radius 3 is 3.07 bits per heavy atom. The number of aromatic nitrogens is 2. The predicted octanol–water partition coefficient (Wildman–Crippen LogP) is -0.645. The number of amides is 1. The molecule has 0 spiro atoms. The maximum Gasteiger partial charge on any atom is 0.249 e. The zero-order valence-electron chi connectivity index (χ0n) is 7.84. The quantitative estimate of drug-likeness (QED) is 0.504. The maximum atomic E-state index is 11.1. The average molecular weight is 225 g/mol.